The van der Waals surface area contributed by atoms with E-state index in [1.54, 1.807) is 0 Å². The SMILES string of the molecule is OCC1CCCCC1(COCC1CO1)OCC1CO1. The van der Waals surface area contributed by atoms with Crippen LogP contribution in [0.25, 0.3) is 0 Å². The van der Waals surface area contributed by atoms with Gasteiger partial charge in [0.05, 0.1) is 38.6 Å². The maximum absolute atomic E-state index is 9.64. The minimum Gasteiger partial charge on any atom is -0.396 e. The molecule has 3 fully saturated rings. The highest BCUT2D eigenvalue weighted by Crippen LogP contribution is 2.38. The van der Waals surface area contributed by atoms with Crippen LogP contribution >= 0.6 is 0 Å². The first-order chi connectivity index (χ1) is 9.32. The summed E-state index contributed by atoms with van der Waals surface area (Å²) in [6.07, 6.45) is 4.83. The molecule has 0 radical (unpaired) electrons. The lowest BCUT2D eigenvalue weighted by molar-refractivity contribution is -0.160. The largest absolute Gasteiger partial charge is 0.396 e. The summed E-state index contributed by atoms with van der Waals surface area (Å²) in [6.45, 7) is 3.62. The van der Waals surface area contributed by atoms with Crippen LogP contribution in [0.15, 0.2) is 0 Å². The van der Waals surface area contributed by atoms with Crippen LogP contribution < -0.4 is 0 Å². The molecular formula is C14H24O5. The first-order valence-electron chi connectivity index (χ1n) is 7.38. The van der Waals surface area contributed by atoms with Crippen molar-refractivity contribution in [3.8, 4) is 0 Å². The van der Waals surface area contributed by atoms with E-state index in [0.717, 1.165) is 32.5 Å². The van der Waals surface area contributed by atoms with E-state index in [1.165, 1.54) is 6.42 Å². The van der Waals surface area contributed by atoms with Gasteiger partial charge in [-0.3, -0.25) is 0 Å². The van der Waals surface area contributed by atoms with E-state index >= 15 is 0 Å². The summed E-state index contributed by atoms with van der Waals surface area (Å²) in [5, 5.41) is 9.64. The zero-order valence-electron chi connectivity index (χ0n) is 11.4. The molecule has 0 amide bonds. The molecule has 0 aromatic rings. The van der Waals surface area contributed by atoms with Gasteiger partial charge in [-0.15, -0.1) is 0 Å². The quantitative estimate of drug-likeness (QED) is 0.660. The Bertz CT molecular complexity index is 290. The summed E-state index contributed by atoms with van der Waals surface area (Å²) in [6, 6.07) is 0. The van der Waals surface area contributed by atoms with Crippen LogP contribution in [-0.2, 0) is 18.9 Å². The fraction of sp³-hybridized carbons (Fsp3) is 1.00. The average Bonchev–Trinajstić information content (AvgIpc) is 3.31. The smallest absolute Gasteiger partial charge is 0.104 e. The van der Waals surface area contributed by atoms with Crippen LogP contribution in [-0.4, -0.2) is 62.6 Å². The Kier molecular flexibility index (Phi) is 4.39. The Morgan fingerprint density at radius 1 is 1.11 bits per heavy atom. The third-order valence-corrected chi connectivity index (χ3v) is 4.38. The molecule has 3 rings (SSSR count). The standard InChI is InChI=1S/C14H24O5/c15-5-11-3-1-2-4-14(11,19-9-13-8-18-13)10-16-6-12-7-17-12/h11-13,15H,1-10H2. The van der Waals surface area contributed by atoms with Crippen molar-refractivity contribution in [3.05, 3.63) is 0 Å². The second kappa shape index (κ2) is 6.06. The Labute approximate surface area is 114 Å². The molecule has 0 spiro atoms. The van der Waals surface area contributed by atoms with Gasteiger partial charge in [0, 0.05) is 12.5 Å². The van der Waals surface area contributed by atoms with Gasteiger partial charge in [0.25, 0.3) is 0 Å². The molecule has 0 aromatic heterocycles. The van der Waals surface area contributed by atoms with Gasteiger partial charge in [0.15, 0.2) is 0 Å². The van der Waals surface area contributed by atoms with Crippen molar-refractivity contribution < 1.29 is 24.1 Å². The summed E-state index contributed by atoms with van der Waals surface area (Å²) in [4.78, 5) is 0. The molecule has 19 heavy (non-hydrogen) atoms. The minimum absolute atomic E-state index is 0.175. The molecule has 0 bridgehead atoms. The summed E-state index contributed by atoms with van der Waals surface area (Å²) in [5.41, 5.74) is -0.326. The topological polar surface area (TPSA) is 63.8 Å². The minimum atomic E-state index is -0.326. The zero-order chi connectivity index (χ0) is 13.1. The van der Waals surface area contributed by atoms with E-state index < -0.39 is 0 Å². The van der Waals surface area contributed by atoms with Gasteiger partial charge in [0.1, 0.15) is 12.2 Å². The lowest BCUT2D eigenvalue weighted by Crippen LogP contribution is -2.49. The van der Waals surface area contributed by atoms with Crippen LogP contribution in [0.2, 0.25) is 0 Å². The maximum atomic E-state index is 9.64. The highest BCUT2D eigenvalue weighted by atomic mass is 16.6. The predicted molar refractivity (Wildman–Crippen MR) is 68.0 cm³/mol. The van der Waals surface area contributed by atoms with Crippen molar-refractivity contribution in [2.24, 2.45) is 5.92 Å². The van der Waals surface area contributed by atoms with Gasteiger partial charge in [-0.2, -0.15) is 0 Å². The first kappa shape index (κ1) is 13.8. The van der Waals surface area contributed by atoms with Gasteiger partial charge in [-0.25, -0.2) is 0 Å². The molecule has 4 atom stereocenters. The molecule has 1 saturated carbocycles. The molecule has 4 unspecified atom stereocenters. The van der Waals surface area contributed by atoms with Crippen molar-refractivity contribution in [2.75, 3.05) is 39.6 Å². The molecule has 1 N–H and O–H groups in total. The number of aliphatic hydroxyl groups is 1. The van der Waals surface area contributed by atoms with Crippen molar-refractivity contribution in [1.29, 1.82) is 0 Å². The van der Waals surface area contributed by atoms with E-state index in [4.69, 9.17) is 18.9 Å². The lowest BCUT2D eigenvalue weighted by Gasteiger charge is -2.43. The number of rotatable bonds is 8. The van der Waals surface area contributed by atoms with Crippen LogP contribution in [0.5, 0.6) is 0 Å². The third kappa shape index (κ3) is 3.67. The van der Waals surface area contributed by atoms with Crippen molar-refractivity contribution in [3.63, 3.8) is 0 Å². The zero-order valence-corrected chi connectivity index (χ0v) is 11.4. The molecule has 0 aromatic carbocycles. The Balaban J connectivity index is 1.56. The molecular weight excluding hydrogens is 248 g/mol. The van der Waals surface area contributed by atoms with Crippen molar-refractivity contribution >= 4 is 0 Å². The van der Waals surface area contributed by atoms with E-state index in [1.807, 2.05) is 0 Å². The highest BCUT2D eigenvalue weighted by molar-refractivity contribution is 4.93. The van der Waals surface area contributed by atoms with Crippen molar-refractivity contribution in [2.45, 2.75) is 43.5 Å². The summed E-state index contributed by atoms with van der Waals surface area (Å²) >= 11 is 0. The van der Waals surface area contributed by atoms with E-state index in [2.05, 4.69) is 0 Å². The van der Waals surface area contributed by atoms with Crippen LogP contribution in [0, 0.1) is 5.92 Å². The maximum Gasteiger partial charge on any atom is 0.104 e. The number of hydrogen-bond donors (Lipinski definition) is 1. The fourth-order valence-electron chi connectivity index (χ4n) is 2.91. The average molecular weight is 272 g/mol. The second-order valence-electron chi connectivity index (χ2n) is 5.93. The number of aliphatic hydroxyl groups excluding tert-OH is 1. The molecule has 1 aliphatic carbocycles. The third-order valence-electron chi connectivity index (χ3n) is 4.38. The summed E-state index contributed by atoms with van der Waals surface area (Å²) < 4.78 is 22.3. The normalized spacial score (nSPS) is 41.2. The predicted octanol–water partition coefficient (Wildman–Crippen LogP) is 0.738. The van der Waals surface area contributed by atoms with Crippen LogP contribution in [0.3, 0.4) is 0 Å². The van der Waals surface area contributed by atoms with Gasteiger partial charge < -0.3 is 24.1 Å². The van der Waals surface area contributed by atoms with E-state index in [0.29, 0.717) is 19.8 Å². The molecule has 2 saturated heterocycles. The monoisotopic (exact) mass is 272 g/mol. The van der Waals surface area contributed by atoms with Gasteiger partial charge in [0.2, 0.25) is 0 Å². The van der Waals surface area contributed by atoms with Gasteiger partial charge in [-0.05, 0) is 12.8 Å². The highest BCUT2D eigenvalue weighted by Gasteiger charge is 2.43. The first-order valence-corrected chi connectivity index (χ1v) is 7.38. The van der Waals surface area contributed by atoms with E-state index in [-0.39, 0.29) is 30.3 Å². The molecule has 110 valence electrons. The summed E-state index contributed by atoms with van der Waals surface area (Å²) in [7, 11) is 0. The van der Waals surface area contributed by atoms with E-state index in [9.17, 15) is 5.11 Å². The summed E-state index contributed by atoms with van der Waals surface area (Å²) in [5.74, 6) is 0.181. The molecule has 3 aliphatic rings. The molecule has 2 heterocycles. The Hall–Kier alpha value is -0.200. The van der Waals surface area contributed by atoms with Gasteiger partial charge >= 0.3 is 0 Å². The Morgan fingerprint density at radius 2 is 1.84 bits per heavy atom. The number of ether oxygens (including phenoxy) is 4. The molecule has 2 aliphatic heterocycles. The number of epoxide rings is 2. The Morgan fingerprint density at radius 3 is 2.53 bits per heavy atom. The van der Waals surface area contributed by atoms with Crippen molar-refractivity contribution in [1.82, 2.24) is 0 Å². The van der Waals surface area contributed by atoms with Crippen LogP contribution in [0.1, 0.15) is 25.7 Å². The fourth-order valence-corrected chi connectivity index (χ4v) is 2.91. The van der Waals surface area contributed by atoms with Gasteiger partial charge in [-0.1, -0.05) is 12.8 Å². The van der Waals surface area contributed by atoms with Crippen LogP contribution in [0.4, 0.5) is 0 Å². The second-order valence-corrected chi connectivity index (χ2v) is 5.93. The lowest BCUT2D eigenvalue weighted by atomic mass is 9.76. The molecule has 5 heteroatoms. The number of hydrogen-bond acceptors (Lipinski definition) is 5. The molecule has 5 nitrogen and oxygen atoms in total.